The Morgan fingerprint density at radius 2 is 2.16 bits per heavy atom. The molecule has 0 bridgehead atoms. The number of hydrogen-bond donors (Lipinski definition) is 2. The van der Waals surface area contributed by atoms with Crippen LogP contribution in [-0.2, 0) is 14.8 Å². The Morgan fingerprint density at radius 1 is 1.47 bits per heavy atom. The predicted molar refractivity (Wildman–Crippen MR) is 72.7 cm³/mol. The van der Waals surface area contributed by atoms with E-state index in [4.69, 9.17) is 16.7 Å². The zero-order valence-electron chi connectivity index (χ0n) is 10.5. The third-order valence-electron chi connectivity index (χ3n) is 2.71. The van der Waals surface area contributed by atoms with Gasteiger partial charge in [0.2, 0.25) is 10.0 Å². The van der Waals surface area contributed by atoms with Gasteiger partial charge < -0.3 is 5.11 Å². The lowest BCUT2D eigenvalue weighted by atomic mass is 10.0. The van der Waals surface area contributed by atoms with Crippen molar-refractivity contribution in [1.29, 1.82) is 0 Å². The van der Waals surface area contributed by atoms with Crippen molar-refractivity contribution in [3.8, 4) is 0 Å². The molecule has 0 spiro atoms. The minimum absolute atomic E-state index is 0.0609. The van der Waals surface area contributed by atoms with Gasteiger partial charge in [-0.05, 0) is 24.1 Å². The van der Waals surface area contributed by atoms with E-state index < -0.39 is 16.0 Å². The van der Waals surface area contributed by atoms with Crippen LogP contribution >= 0.6 is 11.6 Å². The van der Waals surface area contributed by atoms with Gasteiger partial charge in [0.05, 0.1) is 4.90 Å². The smallest absolute Gasteiger partial charge is 0.303 e. The molecule has 0 saturated carbocycles. The number of carbonyl (C=O) groups is 1. The third kappa shape index (κ3) is 5.18. The molecule has 1 rings (SSSR count). The summed E-state index contributed by atoms with van der Waals surface area (Å²) in [5, 5.41) is 9.04. The van der Waals surface area contributed by atoms with E-state index in [9.17, 15) is 13.2 Å². The topological polar surface area (TPSA) is 83.5 Å². The lowest BCUT2D eigenvalue weighted by Gasteiger charge is -2.13. The van der Waals surface area contributed by atoms with Crippen molar-refractivity contribution >= 4 is 27.6 Å². The van der Waals surface area contributed by atoms with Crippen molar-refractivity contribution in [2.45, 2.75) is 24.7 Å². The van der Waals surface area contributed by atoms with Crippen LogP contribution in [0.4, 0.5) is 0 Å². The monoisotopic (exact) mass is 305 g/mol. The number of nitrogens with one attached hydrogen (secondary N) is 1. The minimum atomic E-state index is -3.65. The molecule has 0 aliphatic carbocycles. The fourth-order valence-corrected chi connectivity index (χ4v) is 2.97. The number of rotatable bonds is 7. The van der Waals surface area contributed by atoms with Crippen LogP contribution in [0.3, 0.4) is 0 Å². The number of hydrogen-bond acceptors (Lipinski definition) is 3. The molecule has 0 heterocycles. The highest BCUT2D eigenvalue weighted by Gasteiger charge is 2.18. The Labute approximate surface area is 117 Å². The minimum Gasteiger partial charge on any atom is -0.481 e. The second-order valence-electron chi connectivity index (χ2n) is 4.18. The van der Waals surface area contributed by atoms with E-state index in [1.807, 2.05) is 6.92 Å². The molecule has 0 amide bonds. The van der Waals surface area contributed by atoms with E-state index in [0.717, 1.165) is 0 Å². The summed E-state index contributed by atoms with van der Waals surface area (Å²) >= 11 is 5.74. The lowest BCUT2D eigenvalue weighted by molar-refractivity contribution is -0.138. The predicted octanol–water partition coefficient (Wildman–Crippen LogP) is 2.12. The van der Waals surface area contributed by atoms with Crippen molar-refractivity contribution in [3.05, 3.63) is 29.3 Å². The van der Waals surface area contributed by atoms with Crippen LogP contribution in [0.5, 0.6) is 0 Å². The molecule has 0 saturated heterocycles. The van der Waals surface area contributed by atoms with Gasteiger partial charge in [0.1, 0.15) is 0 Å². The van der Waals surface area contributed by atoms with Gasteiger partial charge in [-0.25, -0.2) is 13.1 Å². The molecular formula is C12H16ClNO4S. The van der Waals surface area contributed by atoms with E-state index in [-0.39, 0.29) is 23.8 Å². The zero-order valence-corrected chi connectivity index (χ0v) is 12.0. The largest absolute Gasteiger partial charge is 0.481 e. The molecule has 1 aromatic rings. The highest BCUT2D eigenvalue weighted by atomic mass is 35.5. The summed E-state index contributed by atoms with van der Waals surface area (Å²) < 4.78 is 26.4. The van der Waals surface area contributed by atoms with Crippen molar-refractivity contribution in [2.24, 2.45) is 5.92 Å². The fraction of sp³-hybridized carbons (Fsp3) is 0.417. The van der Waals surface area contributed by atoms with E-state index in [0.29, 0.717) is 11.4 Å². The van der Waals surface area contributed by atoms with Crippen LogP contribution in [0.1, 0.15) is 19.8 Å². The maximum Gasteiger partial charge on any atom is 0.303 e. The first-order chi connectivity index (χ1) is 8.85. The number of benzene rings is 1. The number of sulfonamides is 1. The van der Waals surface area contributed by atoms with E-state index >= 15 is 0 Å². The zero-order chi connectivity index (χ0) is 14.5. The number of aliphatic carboxylic acids is 1. The Kier molecular flexibility index (Phi) is 5.78. The Morgan fingerprint density at radius 3 is 2.68 bits per heavy atom. The summed E-state index contributed by atoms with van der Waals surface area (Å²) in [7, 11) is -3.65. The van der Waals surface area contributed by atoms with Crippen LogP contribution in [0, 0.1) is 5.92 Å². The van der Waals surface area contributed by atoms with Crippen LogP contribution in [0.25, 0.3) is 0 Å². The van der Waals surface area contributed by atoms with Crippen molar-refractivity contribution in [3.63, 3.8) is 0 Å². The van der Waals surface area contributed by atoms with Gasteiger partial charge in [-0.15, -0.1) is 0 Å². The molecule has 7 heteroatoms. The molecule has 1 aromatic carbocycles. The van der Waals surface area contributed by atoms with Crippen LogP contribution in [-0.4, -0.2) is 26.0 Å². The second-order valence-corrected chi connectivity index (χ2v) is 6.38. The summed E-state index contributed by atoms with van der Waals surface area (Å²) in [5.41, 5.74) is 0. The van der Waals surface area contributed by atoms with Gasteiger partial charge in [0.25, 0.3) is 0 Å². The highest BCUT2D eigenvalue weighted by molar-refractivity contribution is 7.89. The van der Waals surface area contributed by atoms with Gasteiger partial charge in [-0.3, -0.25) is 4.79 Å². The average molecular weight is 306 g/mol. The van der Waals surface area contributed by atoms with Crippen LogP contribution in [0.2, 0.25) is 5.02 Å². The third-order valence-corrected chi connectivity index (χ3v) is 4.37. The summed E-state index contributed by atoms with van der Waals surface area (Å²) in [6, 6.07) is 5.92. The molecule has 2 N–H and O–H groups in total. The Balaban J connectivity index is 2.72. The van der Waals surface area contributed by atoms with E-state index in [1.54, 1.807) is 12.1 Å². The maximum absolute atomic E-state index is 12.0. The maximum atomic E-state index is 12.0. The normalized spacial score (nSPS) is 13.2. The average Bonchev–Trinajstić information content (AvgIpc) is 2.34. The van der Waals surface area contributed by atoms with E-state index in [2.05, 4.69) is 4.72 Å². The highest BCUT2D eigenvalue weighted by Crippen LogP contribution is 2.16. The van der Waals surface area contributed by atoms with Gasteiger partial charge in [-0.1, -0.05) is 31.0 Å². The second kappa shape index (κ2) is 6.88. The number of carboxylic acid groups (broad SMARTS) is 1. The Bertz CT molecular complexity index is 544. The lowest BCUT2D eigenvalue weighted by Crippen LogP contribution is -2.30. The van der Waals surface area contributed by atoms with Gasteiger partial charge in [0.15, 0.2) is 0 Å². The molecule has 1 unspecified atom stereocenters. The van der Waals surface area contributed by atoms with Gasteiger partial charge in [0, 0.05) is 18.0 Å². The van der Waals surface area contributed by atoms with Gasteiger partial charge >= 0.3 is 5.97 Å². The molecule has 106 valence electrons. The van der Waals surface area contributed by atoms with Crippen LogP contribution < -0.4 is 4.72 Å². The summed E-state index contributed by atoms with van der Waals surface area (Å²) in [6.45, 7) is 1.92. The SMILES string of the molecule is CCC(CNS(=O)(=O)c1cccc(Cl)c1)CC(=O)O. The molecule has 5 nitrogen and oxygen atoms in total. The summed E-state index contributed by atoms with van der Waals surface area (Å²) in [6.07, 6.45) is 0.527. The van der Waals surface area contributed by atoms with Gasteiger partial charge in [-0.2, -0.15) is 0 Å². The summed E-state index contributed by atoms with van der Waals surface area (Å²) in [4.78, 5) is 10.7. The van der Waals surface area contributed by atoms with Crippen molar-refractivity contribution in [1.82, 2.24) is 4.72 Å². The fourth-order valence-electron chi connectivity index (χ4n) is 1.55. The first kappa shape index (κ1) is 15.9. The molecule has 1 atom stereocenters. The molecule has 0 aliphatic heterocycles. The van der Waals surface area contributed by atoms with E-state index in [1.165, 1.54) is 12.1 Å². The molecule has 0 radical (unpaired) electrons. The summed E-state index contributed by atoms with van der Waals surface area (Å²) in [5.74, 6) is -1.17. The first-order valence-corrected chi connectivity index (χ1v) is 7.68. The van der Waals surface area contributed by atoms with Crippen molar-refractivity contribution in [2.75, 3.05) is 6.54 Å². The molecule has 0 aliphatic rings. The first-order valence-electron chi connectivity index (χ1n) is 5.82. The quantitative estimate of drug-likeness (QED) is 0.808. The number of halogens is 1. The molecular weight excluding hydrogens is 290 g/mol. The molecule has 0 aromatic heterocycles. The number of carboxylic acids is 1. The van der Waals surface area contributed by atoms with Crippen LogP contribution in [0.15, 0.2) is 29.2 Å². The standard InChI is InChI=1S/C12H16ClNO4S/c1-2-9(6-12(15)16)8-14-19(17,18)11-5-3-4-10(13)7-11/h3-5,7,9,14H,2,6,8H2,1H3,(H,15,16). The molecule has 19 heavy (non-hydrogen) atoms. The Hall–Kier alpha value is -1.11. The molecule has 0 fully saturated rings. The van der Waals surface area contributed by atoms with Crippen molar-refractivity contribution < 1.29 is 18.3 Å².